The molecular weight excluding hydrogens is 388 g/mol. The van der Waals surface area contributed by atoms with Crippen molar-refractivity contribution in [3.8, 4) is 0 Å². The molecule has 0 bridgehead atoms. The number of anilines is 2. The van der Waals surface area contributed by atoms with Gasteiger partial charge >= 0.3 is 0 Å². The topological polar surface area (TPSA) is 75.9 Å². The minimum absolute atomic E-state index is 0.0735. The van der Waals surface area contributed by atoms with E-state index in [2.05, 4.69) is 53.0 Å². The van der Waals surface area contributed by atoms with Gasteiger partial charge in [-0.15, -0.1) is 0 Å². The summed E-state index contributed by atoms with van der Waals surface area (Å²) in [6, 6.07) is 7.93. The molecule has 1 aliphatic rings. The molecule has 0 aliphatic carbocycles. The second kappa shape index (κ2) is 8.13. The van der Waals surface area contributed by atoms with Gasteiger partial charge in [-0.25, -0.2) is 9.97 Å². The van der Waals surface area contributed by atoms with Crippen LogP contribution >= 0.6 is 0 Å². The van der Waals surface area contributed by atoms with Gasteiger partial charge in [0.25, 0.3) is 5.91 Å². The molecule has 1 aliphatic heterocycles. The van der Waals surface area contributed by atoms with Crippen LogP contribution in [0.15, 0.2) is 43.0 Å². The standard InChI is InChI=1S/C24H30N6O/c1-16-6-7-17(23(31)27-22-11-21(24(2,3)4)28-29(22)5)10-20(16)18-8-9-30(14-18)19-12-25-15-26-13-19/h6-7,10-13,15,18H,8-9,14H2,1-5H3,(H,27,31). The zero-order chi connectivity index (χ0) is 22.2. The Balaban J connectivity index is 1.52. The molecule has 0 radical (unpaired) electrons. The average molecular weight is 419 g/mol. The van der Waals surface area contributed by atoms with Crippen molar-refractivity contribution in [2.24, 2.45) is 7.05 Å². The number of hydrogen-bond donors (Lipinski definition) is 1. The number of nitrogens with one attached hydrogen (secondary N) is 1. The largest absolute Gasteiger partial charge is 0.368 e. The zero-order valence-corrected chi connectivity index (χ0v) is 18.9. The van der Waals surface area contributed by atoms with Crippen molar-refractivity contribution in [3.05, 3.63) is 65.4 Å². The number of carbonyl (C=O) groups excluding carboxylic acids is 1. The van der Waals surface area contributed by atoms with E-state index in [1.165, 1.54) is 11.1 Å². The minimum Gasteiger partial charge on any atom is -0.368 e. The maximum Gasteiger partial charge on any atom is 0.256 e. The van der Waals surface area contributed by atoms with E-state index >= 15 is 0 Å². The van der Waals surface area contributed by atoms with Gasteiger partial charge in [0, 0.05) is 43.1 Å². The van der Waals surface area contributed by atoms with Gasteiger partial charge in [0.1, 0.15) is 12.1 Å². The molecule has 1 amide bonds. The third-order valence-corrected chi connectivity index (χ3v) is 5.97. The lowest BCUT2D eigenvalue weighted by Crippen LogP contribution is -2.20. The van der Waals surface area contributed by atoms with Crippen LogP contribution in [0.2, 0.25) is 0 Å². The van der Waals surface area contributed by atoms with Crippen LogP contribution in [0.5, 0.6) is 0 Å². The van der Waals surface area contributed by atoms with Gasteiger partial charge in [-0.1, -0.05) is 26.8 Å². The first-order chi connectivity index (χ1) is 14.7. The second-order valence-corrected chi connectivity index (χ2v) is 9.34. The predicted molar refractivity (Wildman–Crippen MR) is 123 cm³/mol. The highest BCUT2D eigenvalue weighted by Crippen LogP contribution is 2.32. The van der Waals surface area contributed by atoms with E-state index in [4.69, 9.17) is 0 Å². The Hall–Kier alpha value is -3.22. The van der Waals surface area contributed by atoms with E-state index < -0.39 is 0 Å². The van der Waals surface area contributed by atoms with Gasteiger partial charge in [-0.2, -0.15) is 5.10 Å². The summed E-state index contributed by atoms with van der Waals surface area (Å²) in [5.41, 5.74) is 5.03. The van der Waals surface area contributed by atoms with Gasteiger partial charge in [0.2, 0.25) is 0 Å². The fourth-order valence-corrected chi connectivity index (χ4v) is 4.06. The Morgan fingerprint density at radius 1 is 1.16 bits per heavy atom. The quantitative estimate of drug-likeness (QED) is 0.691. The molecule has 0 saturated carbocycles. The van der Waals surface area contributed by atoms with Crippen molar-refractivity contribution in [2.45, 2.75) is 45.4 Å². The molecule has 1 N–H and O–H groups in total. The number of benzene rings is 1. The van der Waals surface area contributed by atoms with Gasteiger partial charge in [-0.05, 0) is 36.6 Å². The molecule has 162 valence electrons. The molecule has 3 heterocycles. The third-order valence-electron chi connectivity index (χ3n) is 5.97. The summed E-state index contributed by atoms with van der Waals surface area (Å²) < 4.78 is 1.73. The summed E-state index contributed by atoms with van der Waals surface area (Å²) in [4.78, 5) is 23.6. The number of rotatable bonds is 4. The lowest BCUT2D eigenvalue weighted by atomic mass is 9.92. The van der Waals surface area contributed by atoms with Crippen molar-refractivity contribution < 1.29 is 4.79 Å². The lowest BCUT2D eigenvalue weighted by molar-refractivity contribution is 0.102. The number of nitrogens with zero attached hydrogens (tertiary/aromatic N) is 5. The highest BCUT2D eigenvalue weighted by molar-refractivity contribution is 6.04. The molecule has 4 rings (SSSR count). The fraction of sp³-hybridized carbons (Fsp3) is 0.417. The fourth-order valence-electron chi connectivity index (χ4n) is 4.06. The number of carbonyl (C=O) groups is 1. The summed E-state index contributed by atoms with van der Waals surface area (Å²) in [5, 5.41) is 7.57. The molecule has 3 aromatic rings. The van der Waals surface area contributed by atoms with E-state index in [-0.39, 0.29) is 11.3 Å². The molecule has 1 atom stereocenters. The first kappa shape index (κ1) is 21.0. The first-order valence-corrected chi connectivity index (χ1v) is 10.7. The molecule has 7 heteroatoms. The third kappa shape index (κ3) is 4.45. The molecule has 31 heavy (non-hydrogen) atoms. The molecule has 0 spiro atoms. The maximum absolute atomic E-state index is 13.0. The van der Waals surface area contributed by atoms with Crippen LogP contribution in [0.25, 0.3) is 0 Å². The van der Waals surface area contributed by atoms with Crippen molar-refractivity contribution in [2.75, 3.05) is 23.3 Å². The molecule has 1 fully saturated rings. The predicted octanol–water partition coefficient (Wildman–Crippen LogP) is 4.06. The van der Waals surface area contributed by atoms with Crippen LogP contribution in [0.4, 0.5) is 11.5 Å². The van der Waals surface area contributed by atoms with Gasteiger partial charge < -0.3 is 10.2 Å². The Labute approximate surface area is 183 Å². The van der Waals surface area contributed by atoms with Crippen molar-refractivity contribution in [1.82, 2.24) is 19.7 Å². The van der Waals surface area contributed by atoms with Crippen LogP contribution in [-0.2, 0) is 12.5 Å². The van der Waals surface area contributed by atoms with E-state index in [0.717, 1.165) is 30.9 Å². The smallest absolute Gasteiger partial charge is 0.256 e. The summed E-state index contributed by atoms with van der Waals surface area (Å²) in [5.74, 6) is 0.960. The molecule has 2 aromatic heterocycles. The lowest BCUT2D eigenvalue weighted by Gasteiger charge is -2.19. The van der Waals surface area contributed by atoms with Crippen LogP contribution in [0.3, 0.4) is 0 Å². The van der Waals surface area contributed by atoms with Crippen LogP contribution < -0.4 is 10.2 Å². The number of hydrogen-bond acceptors (Lipinski definition) is 5. The first-order valence-electron chi connectivity index (χ1n) is 10.7. The molecule has 1 unspecified atom stereocenters. The van der Waals surface area contributed by atoms with Crippen LogP contribution in [0, 0.1) is 6.92 Å². The summed E-state index contributed by atoms with van der Waals surface area (Å²) in [6.45, 7) is 10.3. The normalized spacial score (nSPS) is 16.5. The Bertz CT molecular complexity index is 1080. The van der Waals surface area contributed by atoms with Crippen molar-refractivity contribution >= 4 is 17.4 Å². The number of aromatic nitrogens is 4. The zero-order valence-electron chi connectivity index (χ0n) is 18.9. The average Bonchev–Trinajstić information content (AvgIpc) is 3.36. The van der Waals surface area contributed by atoms with E-state index in [9.17, 15) is 4.79 Å². The maximum atomic E-state index is 13.0. The van der Waals surface area contributed by atoms with Gasteiger partial charge in [0.15, 0.2) is 0 Å². The highest BCUT2D eigenvalue weighted by atomic mass is 16.1. The molecule has 1 saturated heterocycles. The molecular formula is C24H30N6O. The Kier molecular flexibility index (Phi) is 5.52. The number of aryl methyl sites for hydroxylation is 2. The summed E-state index contributed by atoms with van der Waals surface area (Å²) in [7, 11) is 1.85. The monoisotopic (exact) mass is 418 g/mol. The number of amides is 1. The Morgan fingerprint density at radius 3 is 2.58 bits per heavy atom. The van der Waals surface area contributed by atoms with E-state index in [0.29, 0.717) is 17.3 Å². The van der Waals surface area contributed by atoms with Gasteiger partial charge in [-0.3, -0.25) is 9.48 Å². The second-order valence-electron chi connectivity index (χ2n) is 9.34. The highest BCUT2D eigenvalue weighted by Gasteiger charge is 2.26. The Morgan fingerprint density at radius 2 is 1.90 bits per heavy atom. The van der Waals surface area contributed by atoms with Crippen molar-refractivity contribution in [3.63, 3.8) is 0 Å². The van der Waals surface area contributed by atoms with E-state index in [1.807, 2.05) is 43.7 Å². The van der Waals surface area contributed by atoms with Crippen LogP contribution in [-0.4, -0.2) is 38.7 Å². The SMILES string of the molecule is Cc1ccc(C(=O)Nc2cc(C(C)(C)C)nn2C)cc1C1CCN(c2cncnc2)C1. The molecule has 7 nitrogen and oxygen atoms in total. The van der Waals surface area contributed by atoms with Crippen molar-refractivity contribution in [1.29, 1.82) is 0 Å². The van der Waals surface area contributed by atoms with Gasteiger partial charge in [0.05, 0.1) is 23.8 Å². The summed E-state index contributed by atoms with van der Waals surface area (Å²) >= 11 is 0. The van der Waals surface area contributed by atoms with E-state index in [1.54, 1.807) is 11.0 Å². The minimum atomic E-state index is -0.115. The summed E-state index contributed by atoms with van der Waals surface area (Å²) in [6.07, 6.45) is 6.30. The molecule has 1 aromatic carbocycles. The van der Waals surface area contributed by atoms with Crippen LogP contribution in [0.1, 0.15) is 60.3 Å².